The number of carbonyl (C=O) groups is 3. The average molecular weight is 514 g/mol. The first-order valence-electron chi connectivity index (χ1n) is 12.8. The third-order valence-electron chi connectivity index (χ3n) is 6.48. The van der Waals surface area contributed by atoms with Crippen molar-refractivity contribution in [2.24, 2.45) is 0 Å². The average Bonchev–Trinajstić information content (AvgIpc) is 3.53. The number of esters is 1. The Morgan fingerprint density at radius 3 is 2.28 bits per heavy atom. The first-order chi connectivity index (χ1) is 17.2. The summed E-state index contributed by atoms with van der Waals surface area (Å²) in [5.41, 5.74) is 1.05. The Hall–Kier alpha value is -2.94. The monoisotopic (exact) mass is 513 g/mol. The third kappa shape index (κ3) is 6.06. The van der Waals surface area contributed by atoms with E-state index in [0.717, 1.165) is 30.0 Å². The number of ether oxygens (including phenoxy) is 2. The van der Waals surface area contributed by atoms with Gasteiger partial charge in [0.05, 0.1) is 17.2 Å². The van der Waals surface area contributed by atoms with Gasteiger partial charge in [0.1, 0.15) is 17.5 Å². The van der Waals surface area contributed by atoms with Gasteiger partial charge >= 0.3 is 5.97 Å². The zero-order valence-electron chi connectivity index (χ0n) is 21.4. The number of amides is 2. The molecule has 0 saturated carbocycles. The summed E-state index contributed by atoms with van der Waals surface area (Å²) in [7, 11) is 0. The Kier molecular flexibility index (Phi) is 8.28. The van der Waals surface area contributed by atoms with Crippen molar-refractivity contribution < 1.29 is 23.9 Å². The summed E-state index contributed by atoms with van der Waals surface area (Å²) in [4.78, 5) is 46.6. The lowest BCUT2D eigenvalue weighted by atomic mass is 9.97. The zero-order valence-corrected chi connectivity index (χ0v) is 22.3. The third-order valence-corrected chi connectivity index (χ3v) is 7.49. The predicted octanol–water partition coefficient (Wildman–Crippen LogP) is 4.51. The number of hydrogen-bond acceptors (Lipinski definition) is 7. The van der Waals surface area contributed by atoms with E-state index in [1.54, 1.807) is 10.3 Å². The van der Waals surface area contributed by atoms with Gasteiger partial charge in [0.2, 0.25) is 0 Å². The van der Waals surface area contributed by atoms with Crippen LogP contribution in [0.15, 0.2) is 29.6 Å². The van der Waals surface area contributed by atoms with Gasteiger partial charge in [-0.05, 0) is 77.6 Å². The van der Waals surface area contributed by atoms with Crippen molar-refractivity contribution in [3.63, 3.8) is 0 Å². The van der Waals surface area contributed by atoms with E-state index in [1.165, 1.54) is 11.3 Å². The molecule has 2 aromatic rings. The molecular formula is C27H35N3O5S. The van der Waals surface area contributed by atoms with Crippen molar-refractivity contribution in [2.75, 3.05) is 19.6 Å². The van der Waals surface area contributed by atoms with E-state index in [9.17, 15) is 14.4 Å². The van der Waals surface area contributed by atoms with Crippen LogP contribution in [-0.2, 0) is 9.53 Å². The lowest BCUT2D eigenvalue weighted by molar-refractivity contribution is -0.152. The van der Waals surface area contributed by atoms with Gasteiger partial charge in [-0.2, -0.15) is 0 Å². The number of nitrogens with zero attached hydrogens (tertiary/aromatic N) is 3. The molecule has 8 nitrogen and oxygen atoms in total. The molecule has 2 saturated heterocycles. The SMILES string of the molecule is CC(C)OC(=O)C1CCCN1C(=O)c1csc(C2CCN(C(=O)c3ccc(OC(C)C)cc3)CC2)n1. The first-order valence-corrected chi connectivity index (χ1v) is 13.6. The molecule has 1 aromatic heterocycles. The van der Waals surface area contributed by atoms with Crippen molar-refractivity contribution in [2.45, 2.75) is 77.5 Å². The van der Waals surface area contributed by atoms with Gasteiger partial charge in [0.25, 0.3) is 11.8 Å². The standard InChI is InChI=1S/C27H35N3O5S/c1-17(2)34-21-9-7-20(8-10-21)25(31)29-14-11-19(12-15-29)24-28-22(16-36-24)26(32)30-13-5-6-23(30)27(33)35-18(3)4/h7-10,16-19,23H,5-6,11-15H2,1-4H3. The van der Waals surface area contributed by atoms with Crippen LogP contribution < -0.4 is 4.74 Å². The van der Waals surface area contributed by atoms with Gasteiger partial charge in [-0.3, -0.25) is 9.59 Å². The van der Waals surface area contributed by atoms with Crippen LogP contribution in [0.2, 0.25) is 0 Å². The molecule has 1 atom stereocenters. The number of hydrogen-bond donors (Lipinski definition) is 0. The van der Waals surface area contributed by atoms with Crippen molar-refractivity contribution in [1.29, 1.82) is 0 Å². The molecule has 9 heteroatoms. The highest BCUT2D eigenvalue weighted by atomic mass is 32.1. The van der Waals surface area contributed by atoms with Crippen LogP contribution >= 0.6 is 11.3 Å². The van der Waals surface area contributed by atoms with Crippen LogP contribution in [0.4, 0.5) is 0 Å². The molecule has 2 aliphatic rings. The van der Waals surface area contributed by atoms with Crippen molar-refractivity contribution in [3.05, 3.63) is 45.9 Å². The molecule has 2 aliphatic heterocycles. The fourth-order valence-electron chi connectivity index (χ4n) is 4.75. The second kappa shape index (κ2) is 11.4. The number of piperidine rings is 1. The van der Waals surface area contributed by atoms with E-state index in [-0.39, 0.29) is 35.9 Å². The second-order valence-corrected chi connectivity index (χ2v) is 10.9. The quantitative estimate of drug-likeness (QED) is 0.506. The topological polar surface area (TPSA) is 89.0 Å². The van der Waals surface area contributed by atoms with Gasteiger partial charge in [0, 0.05) is 36.5 Å². The molecule has 1 unspecified atom stereocenters. The van der Waals surface area contributed by atoms with Gasteiger partial charge < -0.3 is 19.3 Å². The normalized spacial score (nSPS) is 18.7. The van der Waals surface area contributed by atoms with E-state index in [4.69, 9.17) is 9.47 Å². The maximum atomic E-state index is 13.1. The summed E-state index contributed by atoms with van der Waals surface area (Å²) < 4.78 is 11.0. The molecule has 2 fully saturated rings. The number of carbonyl (C=O) groups excluding carboxylic acids is 3. The number of thiazole rings is 1. The summed E-state index contributed by atoms with van der Waals surface area (Å²) in [6.45, 7) is 9.38. The molecule has 4 rings (SSSR count). The predicted molar refractivity (Wildman–Crippen MR) is 137 cm³/mol. The number of aromatic nitrogens is 1. The van der Waals surface area contributed by atoms with E-state index < -0.39 is 6.04 Å². The van der Waals surface area contributed by atoms with E-state index in [0.29, 0.717) is 37.3 Å². The van der Waals surface area contributed by atoms with Crippen molar-refractivity contribution >= 4 is 29.1 Å². The largest absolute Gasteiger partial charge is 0.491 e. The van der Waals surface area contributed by atoms with Gasteiger partial charge in [0.15, 0.2) is 0 Å². The fourth-order valence-corrected chi connectivity index (χ4v) is 5.71. The lowest BCUT2D eigenvalue weighted by Gasteiger charge is -2.31. The molecule has 1 aromatic carbocycles. The van der Waals surface area contributed by atoms with E-state index >= 15 is 0 Å². The minimum absolute atomic E-state index is 0.0212. The second-order valence-electron chi connectivity index (χ2n) is 9.97. The Morgan fingerprint density at radius 1 is 0.944 bits per heavy atom. The summed E-state index contributed by atoms with van der Waals surface area (Å²) in [6, 6.07) is 6.76. The molecule has 3 heterocycles. The number of rotatable bonds is 7. The number of likely N-dealkylation sites (tertiary alicyclic amines) is 2. The molecule has 0 aliphatic carbocycles. The minimum Gasteiger partial charge on any atom is -0.491 e. The van der Waals surface area contributed by atoms with Crippen LogP contribution in [-0.4, -0.2) is 70.5 Å². The summed E-state index contributed by atoms with van der Waals surface area (Å²) in [5.74, 6) is 0.436. The Bertz CT molecular complexity index is 1070. The molecule has 0 N–H and O–H groups in total. The molecule has 0 radical (unpaired) electrons. The molecule has 2 amide bonds. The fraction of sp³-hybridized carbons (Fsp3) is 0.556. The Balaban J connectivity index is 1.33. The van der Waals surface area contributed by atoms with Crippen molar-refractivity contribution in [3.8, 4) is 5.75 Å². The Morgan fingerprint density at radius 2 is 1.64 bits per heavy atom. The van der Waals surface area contributed by atoms with E-state index in [2.05, 4.69) is 4.98 Å². The van der Waals surface area contributed by atoms with Crippen LogP contribution in [0.1, 0.15) is 85.2 Å². The molecule has 0 bridgehead atoms. The molecule has 0 spiro atoms. The lowest BCUT2D eigenvalue weighted by Crippen LogP contribution is -2.42. The molecule has 194 valence electrons. The minimum atomic E-state index is -0.537. The zero-order chi connectivity index (χ0) is 25.8. The smallest absolute Gasteiger partial charge is 0.329 e. The van der Waals surface area contributed by atoms with Gasteiger partial charge in [-0.1, -0.05) is 0 Å². The van der Waals surface area contributed by atoms with E-state index in [1.807, 2.05) is 56.9 Å². The highest BCUT2D eigenvalue weighted by Crippen LogP contribution is 2.32. The summed E-state index contributed by atoms with van der Waals surface area (Å²) in [6.07, 6.45) is 2.87. The van der Waals surface area contributed by atoms with Gasteiger partial charge in [-0.25, -0.2) is 9.78 Å². The maximum Gasteiger partial charge on any atom is 0.329 e. The summed E-state index contributed by atoms with van der Waals surface area (Å²) >= 11 is 1.48. The highest BCUT2D eigenvalue weighted by Gasteiger charge is 2.37. The molecule has 36 heavy (non-hydrogen) atoms. The maximum absolute atomic E-state index is 13.1. The highest BCUT2D eigenvalue weighted by molar-refractivity contribution is 7.09. The molecular weight excluding hydrogens is 478 g/mol. The summed E-state index contributed by atoms with van der Waals surface area (Å²) in [5, 5.41) is 2.71. The van der Waals surface area contributed by atoms with Gasteiger partial charge in [-0.15, -0.1) is 11.3 Å². The van der Waals surface area contributed by atoms with Crippen LogP contribution in [0.25, 0.3) is 0 Å². The van der Waals surface area contributed by atoms with Crippen molar-refractivity contribution in [1.82, 2.24) is 14.8 Å². The Labute approximate surface area is 216 Å². The van der Waals surface area contributed by atoms with Crippen LogP contribution in [0.5, 0.6) is 5.75 Å². The number of benzene rings is 1. The van der Waals surface area contributed by atoms with Crippen LogP contribution in [0.3, 0.4) is 0 Å². The van der Waals surface area contributed by atoms with Crippen LogP contribution in [0, 0.1) is 0 Å². The first kappa shape index (κ1) is 26.1.